The summed E-state index contributed by atoms with van der Waals surface area (Å²) in [5.74, 6) is 0.717. The molecule has 1 heterocycles. The Bertz CT molecular complexity index is 326. The Balaban J connectivity index is 2.05. The van der Waals surface area contributed by atoms with Crippen molar-refractivity contribution in [3.05, 3.63) is 17.8 Å². The van der Waals surface area contributed by atoms with E-state index in [4.69, 9.17) is 9.52 Å². The smallest absolute Gasteiger partial charge is 0.311 e. The van der Waals surface area contributed by atoms with E-state index in [9.17, 15) is 4.79 Å². The molecule has 1 N–H and O–H groups in total. The van der Waals surface area contributed by atoms with Crippen molar-refractivity contribution in [1.29, 1.82) is 0 Å². The van der Waals surface area contributed by atoms with Gasteiger partial charge in [0.1, 0.15) is 12.2 Å². The maximum absolute atomic E-state index is 10.4. The molecule has 0 aliphatic heterocycles. The zero-order chi connectivity index (χ0) is 9.97. The summed E-state index contributed by atoms with van der Waals surface area (Å²) in [6.45, 7) is 0. The maximum atomic E-state index is 10.4. The lowest BCUT2D eigenvalue weighted by atomic mass is 10.1. The molecule has 0 unspecified atom stereocenters. The van der Waals surface area contributed by atoms with Gasteiger partial charge in [-0.3, -0.25) is 4.79 Å². The standard InChI is InChI=1S/C10H13NO3/c12-9(13)5-8-6-11-10(14-8)7-3-1-2-4-7/h6-7H,1-5H2,(H,12,13). The molecule has 1 aliphatic rings. The van der Waals surface area contributed by atoms with Gasteiger partial charge in [0.05, 0.1) is 6.20 Å². The van der Waals surface area contributed by atoms with E-state index in [2.05, 4.69) is 4.98 Å². The molecule has 1 saturated carbocycles. The van der Waals surface area contributed by atoms with Crippen molar-refractivity contribution < 1.29 is 14.3 Å². The fraction of sp³-hybridized carbons (Fsp3) is 0.600. The lowest BCUT2D eigenvalue weighted by molar-refractivity contribution is -0.136. The first-order chi connectivity index (χ1) is 6.75. The van der Waals surface area contributed by atoms with E-state index in [1.165, 1.54) is 19.0 Å². The number of rotatable bonds is 3. The maximum Gasteiger partial charge on any atom is 0.311 e. The summed E-state index contributed by atoms with van der Waals surface area (Å²) in [5, 5.41) is 8.55. The predicted octanol–water partition coefficient (Wildman–Crippen LogP) is 1.96. The third-order valence-corrected chi connectivity index (χ3v) is 2.60. The van der Waals surface area contributed by atoms with Gasteiger partial charge in [-0.1, -0.05) is 12.8 Å². The van der Waals surface area contributed by atoms with Crippen LogP contribution in [-0.4, -0.2) is 16.1 Å². The second-order valence-corrected chi connectivity index (χ2v) is 3.72. The number of aromatic nitrogens is 1. The van der Waals surface area contributed by atoms with Crippen LogP contribution in [0.5, 0.6) is 0 Å². The Hall–Kier alpha value is -1.32. The largest absolute Gasteiger partial charge is 0.481 e. The summed E-state index contributed by atoms with van der Waals surface area (Å²) in [6, 6.07) is 0. The lowest BCUT2D eigenvalue weighted by Gasteiger charge is -2.01. The van der Waals surface area contributed by atoms with Gasteiger partial charge in [-0.05, 0) is 12.8 Å². The molecule has 0 amide bonds. The Kier molecular flexibility index (Phi) is 2.52. The Morgan fingerprint density at radius 3 is 2.93 bits per heavy atom. The molecule has 0 aromatic carbocycles. The van der Waals surface area contributed by atoms with Gasteiger partial charge in [0.2, 0.25) is 0 Å². The van der Waals surface area contributed by atoms with E-state index in [1.54, 1.807) is 0 Å². The summed E-state index contributed by atoms with van der Waals surface area (Å²) in [6.07, 6.45) is 6.14. The van der Waals surface area contributed by atoms with Gasteiger partial charge in [0.25, 0.3) is 0 Å². The highest BCUT2D eigenvalue weighted by Gasteiger charge is 2.22. The summed E-state index contributed by atoms with van der Waals surface area (Å²) >= 11 is 0. The first-order valence-corrected chi connectivity index (χ1v) is 4.92. The molecule has 14 heavy (non-hydrogen) atoms. The molecule has 0 radical (unpaired) electrons. The van der Waals surface area contributed by atoms with E-state index in [1.807, 2.05) is 0 Å². The number of hydrogen-bond donors (Lipinski definition) is 1. The minimum Gasteiger partial charge on any atom is -0.481 e. The van der Waals surface area contributed by atoms with Crippen LogP contribution in [0, 0.1) is 0 Å². The van der Waals surface area contributed by atoms with E-state index in [0.717, 1.165) is 18.7 Å². The van der Waals surface area contributed by atoms with Crippen molar-refractivity contribution in [1.82, 2.24) is 4.98 Å². The highest BCUT2D eigenvalue weighted by atomic mass is 16.4. The lowest BCUT2D eigenvalue weighted by Crippen LogP contribution is -1.98. The second kappa shape index (κ2) is 3.82. The molecule has 0 saturated heterocycles. The Morgan fingerprint density at radius 1 is 1.57 bits per heavy atom. The van der Waals surface area contributed by atoms with Gasteiger partial charge in [-0.25, -0.2) is 4.98 Å². The number of hydrogen-bond acceptors (Lipinski definition) is 3. The van der Waals surface area contributed by atoms with Crippen LogP contribution >= 0.6 is 0 Å². The summed E-state index contributed by atoms with van der Waals surface area (Å²) in [5.41, 5.74) is 0. The first kappa shape index (κ1) is 9.24. The number of oxazole rings is 1. The van der Waals surface area contributed by atoms with Crippen molar-refractivity contribution in [2.45, 2.75) is 38.0 Å². The van der Waals surface area contributed by atoms with Gasteiger partial charge >= 0.3 is 5.97 Å². The molecule has 1 fully saturated rings. The third-order valence-electron chi connectivity index (χ3n) is 2.60. The van der Waals surface area contributed by atoms with Crippen molar-refractivity contribution in [2.24, 2.45) is 0 Å². The van der Waals surface area contributed by atoms with E-state index in [-0.39, 0.29) is 6.42 Å². The van der Waals surface area contributed by atoms with Gasteiger partial charge in [-0.15, -0.1) is 0 Å². The average molecular weight is 195 g/mol. The summed E-state index contributed by atoms with van der Waals surface area (Å²) < 4.78 is 5.39. The van der Waals surface area contributed by atoms with Crippen molar-refractivity contribution in [2.75, 3.05) is 0 Å². The van der Waals surface area contributed by atoms with Crippen LogP contribution in [0.15, 0.2) is 10.6 Å². The second-order valence-electron chi connectivity index (χ2n) is 3.72. The topological polar surface area (TPSA) is 63.3 Å². The van der Waals surface area contributed by atoms with Crippen LogP contribution < -0.4 is 0 Å². The molecule has 4 nitrogen and oxygen atoms in total. The van der Waals surface area contributed by atoms with E-state index >= 15 is 0 Å². The third kappa shape index (κ3) is 1.95. The van der Waals surface area contributed by atoms with Crippen molar-refractivity contribution in [3.8, 4) is 0 Å². The minimum atomic E-state index is -0.876. The normalized spacial score (nSPS) is 17.4. The molecular formula is C10H13NO3. The summed E-state index contributed by atoms with van der Waals surface area (Å²) in [7, 11) is 0. The first-order valence-electron chi connectivity index (χ1n) is 4.92. The van der Waals surface area contributed by atoms with Crippen LogP contribution in [0.3, 0.4) is 0 Å². The van der Waals surface area contributed by atoms with Crippen molar-refractivity contribution in [3.63, 3.8) is 0 Å². The van der Waals surface area contributed by atoms with Crippen LogP contribution in [0.2, 0.25) is 0 Å². The van der Waals surface area contributed by atoms with Crippen molar-refractivity contribution >= 4 is 5.97 Å². The summed E-state index contributed by atoms with van der Waals surface area (Å²) in [4.78, 5) is 14.5. The highest BCUT2D eigenvalue weighted by Crippen LogP contribution is 2.33. The molecule has 1 aromatic rings. The fourth-order valence-corrected chi connectivity index (χ4v) is 1.91. The average Bonchev–Trinajstić information content (AvgIpc) is 2.69. The van der Waals surface area contributed by atoms with E-state index in [0.29, 0.717) is 11.7 Å². The molecular weight excluding hydrogens is 182 g/mol. The van der Waals surface area contributed by atoms with Gasteiger partial charge < -0.3 is 9.52 Å². The zero-order valence-corrected chi connectivity index (χ0v) is 7.90. The fourth-order valence-electron chi connectivity index (χ4n) is 1.91. The molecule has 2 rings (SSSR count). The van der Waals surface area contributed by atoms with Crippen LogP contribution in [0.1, 0.15) is 43.3 Å². The number of carboxylic acids is 1. The molecule has 0 atom stereocenters. The molecule has 0 bridgehead atoms. The zero-order valence-electron chi connectivity index (χ0n) is 7.90. The van der Waals surface area contributed by atoms with Gasteiger partial charge in [-0.2, -0.15) is 0 Å². The Labute approximate surface area is 81.9 Å². The highest BCUT2D eigenvalue weighted by molar-refractivity contribution is 5.69. The predicted molar refractivity (Wildman–Crippen MR) is 49.1 cm³/mol. The number of aliphatic carboxylic acids is 1. The molecule has 0 spiro atoms. The number of carboxylic acid groups (broad SMARTS) is 1. The molecule has 76 valence electrons. The van der Waals surface area contributed by atoms with Crippen LogP contribution in [0.4, 0.5) is 0 Å². The number of nitrogens with zero attached hydrogens (tertiary/aromatic N) is 1. The molecule has 1 aromatic heterocycles. The van der Waals surface area contributed by atoms with Gasteiger partial charge in [0.15, 0.2) is 5.89 Å². The van der Waals surface area contributed by atoms with E-state index < -0.39 is 5.97 Å². The Morgan fingerprint density at radius 2 is 2.29 bits per heavy atom. The number of carbonyl (C=O) groups is 1. The quantitative estimate of drug-likeness (QED) is 0.800. The van der Waals surface area contributed by atoms with Crippen LogP contribution in [-0.2, 0) is 11.2 Å². The monoisotopic (exact) mass is 195 g/mol. The molecule has 4 heteroatoms. The van der Waals surface area contributed by atoms with Crippen LogP contribution in [0.25, 0.3) is 0 Å². The molecule has 1 aliphatic carbocycles. The van der Waals surface area contributed by atoms with Gasteiger partial charge in [0, 0.05) is 5.92 Å². The minimum absolute atomic E-state index is 0.0697. The SMILES string of the molecule is O=C(O)Cc1cnc(C2CCCC2)o1.